The Labute approximate surface area is 238 Å². The van der Waals surface area contributed by atoms with E-state index in [0.717, 1.165) is 24.8 Å². The predicted molar refractivity (Wildman–Crippen MR) is 156 cm³/mol. The maximum absolute atomic E-state index is 13.2. The predicted octanol–water partition coefficient (Wildman–Crippen LogP) is 5.64. The Morgan fingerprint density at radius 1 is 0.625 bits per heavy atom. The third-order valence-corrected chi connectivity index (χ3v) is 7.03. The normalized spacial score (nSPS) is 12.4. The Bertz CT molecular complexity index is 1020. The van der Waals surface area contributed by atoms with Crippen molar-refractivity contribution in [2.75, 3.05) is 0 Å². The number of aliphatic carboxylic acids is 1. The van der Waals surface area contributed by atoms with Crippen molar-refractivity contribution in [3.8, 4) is 11.5 Å². The van der Waals surface area contributed by atoms with Gasteiger partial charge in [-0.3, -0.25) is 9.59 Å². The lowest BCUT2D eigenvalue weighted by Gasteiger charge is -2.22. The van der Waals surface area contributed by atoms with Crippen molar-refractivity contribution in [3.63, 3.8) is 0 Å². The summed E-state index contributed by atoms with van der Waals surface area (Å²) in [5.41, 5.74) is 1.36. The second-order valence-corrected chi connectivity index (χ2v) is 10.5. The van der Waals surface area contributed by atoms with Crippen molar-refractivity contribution in [2.24, 2.45) is 0 Å². The first kappa shape index (κ1) is 32.7. The van der Waals surface area contributed by atoms with Crippen molar-refractivity contribution in [3.05, 3.63) is 59.7 Å². The number of nitrogens with one attached hydrogen (secondary N) is 2. The number of amides is 2. The Morgan fingerprint density at radius 3 is 1.50 bits per heavy atom. The first-order valence-electron chi connectivity index (χ1n) is 14.7. The van der Waals surface area contributed by atoms with Crippen LogP contribution in [0.15, 0.2) is 48.5 Å². The van der Waals surface area contributed by atoms with E-state index < -0.39 is 24.0 Å². The summed E-state index contributed by atoms with van der Waals surface area (Å²) >= 11 is 0. The topological polar surface area (TPSA) is 136 Å². The van der Waals surface area contributed by atoms with Gasteiger partial charge in [-0.15, -0.1) is 0 Å². The SMILES string of the molecule is CCCCCCCCCCCCCC(=O)N[C@@H](Cc1ccc(O)cc1)C(=O)N[C@@H](Cc1ccc(O)cc1)C(=O)O. The number of carboxylic acid groups (broad SMARTS) is 1. The molecule has 0 saturated heterocycles. The molecular formula is C32H46N2O6. The second kappa shape index (κ2) is 18.7. The molecule has 0 heterocycles. The first-order valence-corrected chi connectivity index (χ1v) is 14.7. The van der Waals surface area contributed by atoms with Gasteiger partial charge in [0.2, 0.25) is 11.8 Å². The first-order chi connectivity index (χ1) is 19.3. The van der Waals surface area contributed by atoms with Crippen molar-refractivity contribution in [1.82, 2.24) is 10.6 Å². The van der Waals surface area contributed by atoms with Gasteiger partial charge in [-0.1, -0.05) is 95.4 Å². The summed E-state index contributed by atoms with van der Waals surface area (Å²) in [6.45, 7) is 2.22. The molecule has 8 nitrogen and oxygen atoms in total. The van der Waals surface area contributed by atoms with Crippen LogP contribution in [-0.4, -0.2) is 45.2 Å². The van der Waals surface area contributed by atoms with E-state index in [0.29, 0.717) is 12.0 Å². The van der Waals surface area contributed by atoms with Gasteiger partial charge in [-0.2, -0.15) is 0 Å². The second-order valence-electron chi connectivity index (χ2n) is 10.5. The lowest BCUT2D eigenvalue weighted by Crippen LogP contribution is -2.53. The van der Waals surface area contributed by atoms with Gasteiger partial charge in [0, 0.05) is 19.3 Å². The zero-order valence-corrected chi connectivity index (χ0v) is 23.7. The number of phenolic OH excluding ortho intramolecular Hbond substituents is 2. The van der Waals surface area contributed by atoms with Crippen LogP contribution in [0.25, 0.3) is 0 Å². The largest absolute Gasteiger partial charge is 0.508 e. The van der Waals surface area contributed by atoms with Crippen LogP contribution in [0.5, 0.6) is 11.5 Å². The monoisotopic (exact) mass is 554 g/mol. The molecule has 40 heavy (non-hydrogen) atoms. The highest BCUT2D eigenvalue weighted by molar-refractivity contribution is 5.90. The molecule has 8 heteroatoms. The van der Waals surface area contributed by atoms with Crippen molar-refractivity contribution < 1.29 is 29.7 Å². The summed E-state index contributed by atoms with van der Waals surface area (Å²) in [4.78, 5) is 37.8. The number of aromatic hydroxyl groups is 2. The molecule has 2 amide bonds. The van der Waals surface area contributed by atoms with Crippen LogP contribution >= 0.6 is 0 Å². The molecule has 0 aromatic heterocycles. The molecule has 0 saturated carbocycles. The van der Waals surface area contributed by atoms with Gasteiger partial charge in [0.25, 0.3) is 0 Å². The van der Waals surface area contributed by atoms with Crippen molar-refractivity contribution >= 4 is 17.8 Å². The van der Waals surface area contributed by atoms with Gasteiger partial charge in [-0.25, -0.2) is 4.79 Å². The van der Waals surface area contributed by atoms with E-state index in [4.69, 9.17) is 0 Å². The Balaban J connectivity index is 1.87. The summed E-state index contributed by atoms with van der Waals surface area (Å²) in [6.07, 6.45) is 13.4. The minimum absolute atomic E-state index is 0.0277. The number of carboxylic acids is 1. The van der Waals surface area contributed by atoms with E-state index in [1.165, 1.54) is 75.6 Å². The number of unbranched alkanes of at least 4 members (excludes halogenated alkanes) is 10. The number of rotatable bonds is 20. The quantitative estimate of drug-likeness (QED) is 0.134. The fourth-order valence-electron chi connectivity index (χ4n) is 4.63. The van der Waals surface area contributed by atoms with E-state index in [-0.39, 0.29) is 30.2 Å². The molecule has 5 N–H and O–H groups in total. The summed E-state index contributed by atoms with van der Waals surface area (Å²) in [5, 5.41) is 34.1. The van der Waals surface area contributed by atoms with Crippen molar-refractivity contribution in [2.45, 2.75) is 109 Å². The maximum Gasteiger partial charge on any atom is 0.326 e. The highest BCUT2D eigenvalue weighted by Gasteiger charge is 2.27. The fraction of sp³-hybridized carbons (Fsp3) is 0.531. The lowest BCUT2D eigenvalue weighted by atomic mass is 10.0. The zero-order chi connectivity index (χ0) is 29.2. The van der Waals surface area contributed by atoms with E-state index in [9.17, 15) is 29.7 Å². The maximum atomic E-state index is 13.2. The average Bonchev–Trinajstić information content (AvgIpc) is 2.93. The number of carbonyl (C=O) groups excluding carboxylic acids is 2. The summed E-state index contributed by atoms with van der Waals surface area (Å²) < 4.78 is 0. The van der Waals surface area contributed by atoms with Crippen LogP contribution in [0.1, 0.15) is 95.1 Å². The van der Waals surface area contributed by atoms with Crippen LogP contribution < -0.4 is 10.6 Å². The molecule has 0 aliphatic carbocycles. The number of phenols is 2. The molecule has 0 aliphatic heterocycles. The van der Waals surface area contributed by atoms with Crippen LogP contribution in [0.2, 0.25) is 0 Å². The molecule has 0 spiro atoms. The highest BCUT2D eigenvalue weighted by Crippen LogP contribution is 2.15. The molecule has 0 bridgehead atoms. The van der Waals surface area contributed by atoms with Gasteiger partial charge in [0.05, 0.1) is 0 Å². The number of hydrogen-bond donors (Lipinski definition) is 5. The Kier molecular flexibility index (Phi) is 15.3. The minimum atomic E-state index is -1.21. The molecule has 2 aromatic rings. The molecule has 0 unspecified atom stereocenters. The fourth-order valence-corrected chi connectivity index (χ4v) is 4.63. The highest BCUT2D eigenvalue weighted by atomic mass is 16.4. The van der Waals surface area contributed by atoms with E-state index >= 15 is 0 Å². The third kappa shape index (κ3) is 13.5. The number of benzene rings is 2. The third-order valence-electron chi connectivity index (χ3n) is 7.03. The minimum Gasteiger partial charge on any atom is -0.508 e. The number of hydrogen-bond acceptors (Lipinski definition) is 5. The molecular weight excluding hydrogens is 508 g/mol. The standard InChI is InChI=1S/C32H46N2O6/c1-2-3-4-5-6-7-8-9-10-11-12-13-30(37)33-28(22-24-14-18-26(35)19-15-24)31(38)34-29(32(39)40)23-25-16-20-27(36)21-17-25/h14-21,28-29,35-36H,2-13,22-23H2,1H3,(H,33,37)(H,34,38)(H,39,40)/t28-,29-/m0/s1. The van der Waals surface area contributed by atoms with Gasteiger partial charge in [-0.05, 0) is 41.8 Å². The summed E-state index contributed by atoms with van der Waals surface area (Å²) in [5.74, 6) is -1.89. The lowest BCUT2D eigenvalue weighted by molar-refractivity contribution is -0.142. The Hall–Kier alpha value is -3.55. The molecule has 2 aromatic carbocycles. The molecule has 2 atom stereocenters. The van der Waals surface area contributed by atoms with Crippen molar-refractivity contribution in [1.29, 1.82) is 0 Å². The number of carbonyl (C=O) groups is 3. The van der Waals surface area contributed by atoms with Gasteiger partial charge < -0.3 is 26.0 Å². The van der Waals surface area contributed by atoms with Gasteiger partial charge in [0.15, 0.2) is 0 Å². The Morgan fingerprint density at radius 2 is 1.05 bits per heavy atom. The van der Waals surface area contributed by atoms with Gasteiger partial charge >= 0.3 is 5.97 Å². The van der Waals surface area contributed by atoms with E-state index in [2.05, 4.69) is 17.6 Å². The van der Waals surface area contributed by atoms with Crippen LogP contribution in [0.3, 0.4) is 0 Å². The average molecular weight is 555 g/mol. The van der Waals surface area contributed by atoms with Crippen LogP contribution in [0.4, 0.5) is 0 Å². The smallest absolute Gasteiger partial charge is 0.326 e. The molecule has 0 radical (unpaired) electrons. The molecule has 0 fully saturated rings. The van der Waals surface area contributed by atoms with Crippen LogP contribution in [0, 0.1) is 0 Å². The summed E-state index contributed by atoms with van der Waals surface area (Å²) in [6, 6.07) is 10.3. The molecule has 220 valence electrons. The van der Waals surface area contributed by atoms with E-state index in [1.54, 1.807) is 24.3 Å². The van der Waals surface area contributed by atoms with Crippen LogP contribution in [-0.2, 0) is 27.2 Å². The molecule has 0 aliphatic rings. The zero-order valence-electron chi connectivity index (χ0n) is 23.7. The van der Waals surface area contributed by atoms with Gasteiger partial charge in [0.1, 0.15) is 23.6 Å². The summed E-state index contributed by atoms with van der Waals surface area (Å²) in [7, 11) is 0. The molecule has 2 rings (SSSR count). The van der Waals surface area contributed by atoms with E-state index in [1.807, 2.05) is 0 Å².